The van der Waals surface area contributed by atoms with E-state index in [1.807, 2.05) is 67.6 Å². The lowest BCUT2D eigenvalue weighted by Crippen LogP contribution is -2.43. The molecule has 0 spiro atoms. The van der Waals surface area contributed by atoms with Gasteiger partial charge in [0, 0.05) is 11.3 Å². The third kappa shape index (κ3) is 4.40. The van der Waals surface area contributed by atoms with Crippen molar-refractivity contribution in [3.8, 4) is 10.6 Å². The van der Waals surface area contributed by atoms with Crippen molar-refractivity contribution in [3.63, 3.8) is 0 Å². The van der Waals surface area contributed by atoms with Gasteiger partial charge in [-0.25, -0.2) is 4.98 Å². The van der Waals surface area contributed by atoms with Crippen molar-refractivity contribution in [2.24, 2.45) is 0 Å². The zero-order chi connectivity index (χ0) is 17.6. The number of nitrogens with zero attached hydrogens (tertiary/aromatic N) is 1. The van der Waals surface area contributed by atoms with Crippen LogP contribution in [0.15, 0.2) is 60.7 Å². The molecule has 0 bridgehead atoms. The second-order valence-corrected chi connectivity index (χ2v) is 6.61. The molecular formula is C18H16N4OS2. The minimum absolute atomic E-state index is 0.269. The number of anilines is 1. The van der Waals surface area contributed by atoms with Crippen LogP contribution < -0.4 is 16.2 Å². The molecule has 7 heteroatoms. The number of para-hydroxylation sites is 1. The number of thiocarbonyl (C=S) groups is 1. The Hall–Kier alpha value is -2.77. The first-order valence-electron chi connectivity index (χ1n) is 7.59. The third-order valence-electron chi connectivity index (χ3n) is 3.34. The molecule has 0 aliphatic heterocycles. The molecule has 0 aliphatic rings. The first-order chi connectivity index (χ1) is 12.1. The van der Waals surface area contributed by atoms with Crippen molar-refractivity contribution < 1.29 is 4.79 Å². The van der Waals surface area contributed by atoms with E-state index in [-0.39, 0.29) is 5.91 Å². The lowest BCUT2D eigenvalue weighted by molar-refractivity contribution is 0.0947. The maximum atomic E-state index is 12.4. The van der Waals surface area contributed by atoms with Crippen LogP contribution in [0.3, 0.4) is 0 Å². The van der Waals surface area contributed by atoms with Gasteiger partial charge in [0.05, 0.1) is 5.69 Å². The summed E-state index contributed by atoms with van der Waals surface area (Å²) >= 11 is 6.52. The number of nitrogens with one attached hydrogen (secondary N) is 3. The van der Waals surface area contributed by atoms with Gasteiger partial charge in [-0.1, -0.05) is 48.5 Å². The van der Waals surface area contributed by atoms with Crippen molar-refractivity contribution >= 4 is 40.3 Å². The van der Waals surface area contributed by atoms with Crippen LogP contribution >= 0.6 is 23.6 Å². The van der Waals surface area contributed by atoms with E-state index in [0.717, 1.165) is 16.3 Å². The Morgan fingerprint density at radius 1 is 1.00 bits per heavy atom. The SMILES string of the molecule is Cc1nc(-c2ccccc2)sc1C(=O)NNC(=S)Nc1ccccc1. The maximum Gasteiger partial charge on any atom is 0.281 e. The van der Waals surface area contributed by atoms with Gasteiger partial charge in [0.15, 0.2) is 5.11 Å². The van der Waals surface area contributed by atoms with E-state index < -0.39 is 0 Å². The minimum atomic E-state index is -0.269. The highest BCUT2D eigenvalue weighted by Crippen LogP contribution is 2.27. The van der Waals surface area contributed by atoms with Crippen molar-refractivity contribution in [1.82, 2.24) is 15.8 Å². The quantitative estimate of drug-likeness (QED) is 0.485. The Balaban J connectivity index is 1.62. The number of hydrazine groups is 1. The number of carbonyl (C=O) groups is 1. The number of hydrogen-bond acceptors (Lipinski definition) is 4. The van der Waals surface area contributed by atoms with Gasteiger partial charge in [-0.05, 0) is 31.3 Å². The summed E-state index contributed by atoms with van der Waals surface area (Å²) in [6.45, 7) is 1.82. The summed E-state index contributed by atoms with van der Waals surface area (Å²) in [5.74, 6) is -0.269. The molecule has 3 N–H and O–H groups in total. The summed E-state index contributed by atoms with van der Waals surface area (Å²) in [7, 11) is 0. The number of carbonyl (C=O) groups excluding carboxylic acids is 1. The zero-order valence-electron chi connectivity index (χ0n) is 13.4. The Morgan fingerprint density at radius 3 is 2.32 bits per heavy atom. The van der Waals surface area contributed by atoms with Crippen molar-refractivity contribution in [2.45, 2.75) is 6.92 Å². The van der Waals surface area contributed by atoms with Gasteiger partial charge >= 0.3 is 0 Å². The molecule has 25 heavy (non-hydrogen) atoms. The lowest BCUT2D eigenvalue weighted by Gasteiger charge is -2.11. The Morgan fingerprint density at radius 2 is 1.64 bits per heavy atom. The number of thiazole rings is 1. The molecule has 2 aromatic carbocycles. The summed E-state index contributed by atoms with van der Waals surface area (Å²) < 4.78 is 0. The Kier molecular flexibility index (Phi) is 5.37. The van der Waals surface area contributed by atoms with E-state index in [0.29, 0.717) is 15.7 Å². The van der Waals surface area contributed by atoms with Crippen LogP contribution in [0.25, 0.3) is 10.6 Å². The highest BCUT2D eigenvalue weighted by molar-refractivity contribution is 7.80. The topological polar surface area (TPSA) is 66.0 Å². The smallest absolute Gasteiger partial charge is 0.281 e. The second kappa shape index (κ2) is 7.87. The van der Waals surface area contributed by atoms with Gasteiger partial charge < -0.3 is 5.32 Å². The Labute approximate surface area is 155 Å². The van der Waals surface area contributed by atoms with E-state index in [4.69, 9.17) is 12.2 Å². The van der Waals surface area contributed by atoms with Crippen LogP contribution in [0.4, 0.5) is 5.69 Å². The van der Waals surface area contributed by atoms with Crippen LogP contribution in [0.5, 0.6) is 0 Å². The van der Waals surface area contributed by atoms with E-state index in [1.54, 1.807) is 0 Å². The average molecular weight is 368 g/mol. The molecule has 1 heterocycles. The predicted octanol–water partition coefficient (Wildman–Crippen LogP) is 3.75. The normalized spacial score (nSPS) is 10.1. The molecule has 3 rings (SSSR count). The summed E-state index contributed by atoms with van der Waals surface area (Å²) in [5.41, 5.74) is 7.82. The predicted molar refractivity (Wildman–Crippen MR) is 106 cm³/mol. The first-order valence-corrected chi connectivity index (χ1v) is 8.81. The van der Waals surface area contributed by atoms with E-state index in [2.05, 4.69) is 21.2 Å². The molecule has 1 aromatic heterocycles. The van der Waals surface area contributed by atoms with Gasteiger partial charge in [0.25, 0.3) is 5.91 Å². The Bertz CT molecular complexity index is 879. The van der Waals surface area contributed by atoms with Gasteiger partial charge in [-0.3, -0.25) is 15.6 Å². The molecule has 0 aliphatic carbocycles. The molecule has 0 unspecified atom stereocenters. The number of amides is 1. The van der Waals surface area contributed by atoms with Crippen LogP contribution in [0.1, 0.15) is 15.4 Å². The monoisotopic (exact) mass is 368 g/mol. The second-order valence-electron chi connectivity index (χ2n) is 5.20. The molecule has 0 atom stereocenters. The van der Waals surface area contributed by atoms with Gasteiger partial charge in [0.2, 0.25) is 0 Å². The fourth-order valence-electron chi connectivity index (χ4n) is 2.17. The van der Waals surface area contributed by atoms with Crippen molar-refractivity contribution in [1.29, 1.82) is 0 Å². The lowest BCUT2D eigenvalue weighted by atomic mass is 10.2. The first kappa shape index (κ1) is 17.1. The number of hydrogen-bond donors (Lipinski definition) is 3. The summed E-state index contributed by atoms with van der Waals surface area (Å²) in [6.07, 6.45) is 0. The highest BCUT2D eigenvalue weighted by atomic mass is 32.1. The van der Waals surface area contributed by atoms with E-state index in [9.17, 15) is 4.79 Å². The van der Waals surface area contributed by atoms with Crippen LogP contribution in [-0.2, 0) is 0 Å². The molecule has 0 saturated heterocycles. The number of benzene rings is 2. The van der Waals surface area contributed by atoms with Crippen molar-refractivity contribution in [3.05, 3.63) is 71.2 Å². The molecule has 126 valence electrons. The van der Waals surface area contributed by atoms with E-state index >= 15 is 0 Å². The summed E-state index contributed by atoms with van der Waals surface area (Å²) in [6, 6.07) is 19.3. The summed E-state index contributed by atoms with van der Waals surface area (Å²) in [4.78, 5) is 17.4. The number of rotatable bonds is 3. The van der Waals surface area contributed by atoms with E-state index in [1.165, 1.54) is 11.3 Å². The molecule has 3 aromatic rings. The molecule has 0 radical (unpaired) electrons. The zero-order valence-corrected chi connectivity index (χ0v) is 15.1. The number of aryl methyl sites for hydroxylation is 1. The van der Waals surface area contributed by atoms with Crippen LogP contribution in [-0.4, -0.2) is 16.0 Å². The van der Waals surface area contributed by atoms with Gasteiger partial charge in [-0.15, -0.1) is 11.3 Å². The number of aromatic nitrogens is 1. The maximum absolute atomic E-state index is 12.4. The molecular weight excluding hydrogens is 352 g/mol. The van der Waals surface area contributed by atoms with Crippen molar-refractivity contribution in [2.75, 3.05) is 5.32 Å². The standard InChI is InChI=1S/C18H16N4OS2/c1-12-15(25-17(19-12)13-8-4-2-5-9-13)16(23)21-22-18(24)20-14-10-6-3-7-11-14/h2-11H,1H3,(H,21,23)(H2,20,22,24). The van der Waals surface area contributed by atoms with Crippen LogP contribution in [0, 0.1) is 6.92 Å². The summed E-state index contributed by atoms with van der Waals surface area (Å²) in [5, 5.41) is 4.11. The highest BCUT2D eigenvalue weighted by Gasteiger charge is 2.16. The largest absolute Gasteiger partial charge is 0.331 e. The molecule has 5 nitrogen and oxygen atoms in total. The fourth-order valence-corrected chi connectivity index (χ4v) is 3.30. The molecule has 0 fully saturated rings. The van der Waals surface area contributed by atoms with Gasteiger partial charge in [-0.2, -0.15) is 0 Å². The third-order valence-corrected chi connectivity index (χ3v) is 4.75. The molecule has 0 saturated carbocycles. The van der Waals surface area contributed by atoms with Crippen LogP contribution in [0.2, 0.25) is 0 Å². The molecule has 1 amide bonds. The minimum Gasteiger partial charge on any atom is -0.331 e. The fraction of sp³-hybridized carbons (Fsp3) is 0.0556. The average Bonchev–Trinajstić information content (AvgIpc) is 3.03. The van der Waals surface area contributed by atoms with Gasteiger partial charge in [0.1, 0.15) is 9.88 Å².